The summed E-state index contributed by atoms with van der Waals surface area (Å²) in [6.45, 7) is 6.57. The average molecular weight is 278 g/mol. The summed E-state index contributed by atoms with van der Waals surface area (Å²) >= 11 is 0. The van der Waals surface area contributed by atoms with Gasteiger partial charge < -0.3 is 15.8 Å². The van der Waals surface area contributed by atoms with Crippen LogP contribution in [-0.4, -0.2) is 24.6 Å². The topological polar surface area (TPSA) is 64.4 Å². The molecule has 0 heterocycles. The van der Waals surface area contributed by atoms with Gasteiger partial charge in [-0.25, -0.2) is 0 Å². The van der Waals surface area contributed by atoms with Gasteiger partial charge in [-0.05, 0) is 37.5 Å². The molecular formula is C16H26N2O2. The molecule has 0 fully saturated rings. The Morgan fingerprint density at radius 3 is 2.75 bits per heavy atom. The summed E-state index contributed by atoms with van der Waals surface area (Å²) in [4.78, 5) is 11.8. The van der Waals surface area contributed by atoms with Gasteiger partial charge in [-0.15, -0.1) is 0 Å². The van der Waals surface area contributed by atoms with E-state index in [9.17, 15) is 4.79 Å². The van der Waals surface area contributed by atoms with Crippen LogP contribution in [0.2, 0.25) is 0 Å². The Hall–Kier alpha value is -1.55. The number of nitrogens with one attached hydrogen (secondary N) is 1. The summed E-state index contributed by atoms with van der Waals surface area (Å²) in [6.07, 6.45) is 2.42. The quantitative estimate of drug-likeness (QED) is 0.767. The summed E-state index contributed by atoms with van der Waals surface area (Å²) in [7, 11) is 0. The first-order chi connectivity index (χ1) is 9.56. The number of hydrogen-bond acceptors (Lipinski definition) is 3. The first kappa shape index (κ1) is 16.5. The van der Waals surface area contributed by atoms with E-state index < -0.39 is 6.04 Å². The van der Waals surface area contributed by atoms with Crippen molar-refractivity contribution in [2.24, 2.45) is 5.73 Å². The molecule has 4 heteroatoms. The lowest BCUT2D eigenvalue weighted by atomic mass is 10.1. The third kappa shape index (κ3) is 5.61. The van der Waals surface area contributed by atoms with Gasteiger partial charge in [-0.1, -0.05) is 32.4 Å². The summed E-state index contributed by atoms with van der Waals surface area (Å²) in [5.41, 5.74) is 6.93. The Morgan fingerprint density at radius 2 is 2.15 bits per heavy atom. The lowest BCUT2D eigenvalue weighted by molar-refractivity contribution is -0.122. The van der Waals surface area contributed by atoms with Gasteiger partial charge in [0.2, 0.25) is 5.91 Å². The molecule has 20 heavy (non-hydrogen) atoms. The van der Waals surface area contributed by atoms with Crippen molar-refractivity contribution in [3.8, 4) is 5.75 Å². The first-order valence-electron chi connectivity index (χ1n) is 7.33. The SMILES string of the molecule is CCCC(N)C(=O)NCC(CC)Oc1cccc(C)c1. The van der Waals surface area contributed by atoms with Gasteiger partial charge in [0.05, 0.1) is 12.6 Å². The summed E-state index contributed by atoms with van der Waals surface area (Å²) in [6, 6.07) is 7.50. The lowest BCUT2D eigenvalue weighted by Gasteiger charge is -2.19. The van der Waals surface area contributed by atoms with E-state index in [-0.39, 0.29) is 12.0 Å². The van der Waals surface area contributed by atoms with Gasteiger partial charge >= 0.3 is 0 Å². The van der Waals surface area contributed by atoms with E-state index >= 15 is 0 Å². The maximum atomic E-state index is 11.8. The number of hydrogen-bond donors (Lipinski definition) is 2. The van der Waals surface area contributed by atoms with Crippen molar-refractivity contribution in [1.29, 1.82) is 0 Å². The minimum atomic E-state index is -0.420. The van der Waals surface area contributed by atoms with Crippen LogP contribution < -0.4 is 15.8 Å². The number of rotatable bonds is 8. The van der Waals surface area contributed by atoms with E-state index in [1.165, 1.54) is 0 Å². The predicted molar refractivity (Wildman–Crippen MR) is 81.8 cm³/mol. The van der Waals surface area contributed by atoms with Crippen molar-refractivity contribution in [2.75, 3.05) is 6.54 Å². The third-order valence-corrected chi connectivity index (χ3v) is 3.19. The fourth-order valence-electron chi connectivity index (χ4n) is 1.94. The highest BCUT2D eigenvalue weighted by Crippen LogP contribution is 2.15. The Labute approximate surface area is 121 Å². The van der Waals surface area contributed by atoms with Crippen LogP contribution >= 0.6 is 0 Å². The summed E-state index contributed by atoms with van der Waals surface area (Å²) in [5, 5.41) is 2.86. The fraction of sp³-hybridized carbons (Fsp3) is 0.562. The molecule has 0 aliphatic rings. The largest absolute Gasteiger partial charge is 0.489 e. The molecule has 3 N–H and O–H groups in total. The molecule has 0 aromatic heterocycles. The minimum Gasteiger partial charge on any atom is -0.489 e. The number of nitrogens with two attached hydrogens (primary N) is 1. The van der Waals surface area contributed by atoms with Gasteiger partial charge in [-0.2, -0.15) is 0 Å². The maximum Gasteiger partial charge on any atom is 0.237 e. The number of benzene rings is 1. The standard InChI is InChI=1S/C16H26N2O2/c1-4-7-15(17)16(19)18-11-13(5-2)20-14-9-6-8-12(3)10-14/h6,8-10,13,15H,4-5,7,11,17H2,1-3H3,(H,18,19). The molecule has 2 atom stereocenters. The zero-order valence-electron chi connectivity index (χ0n) is 12.7. The van der Waals surface area contributed by atoms with Crippen molar-refractivity contribution >= 4 is 5.91 Å². The molecule has 1 aromatic carbocycles. The zero-order valence-corrected chi connectivity index (χ0v) is 12.7. The van der Waals surface area contributed by atoms with Crippen LogP contribution in [-0.2, 0) is 4.79 Å². The highest BCUT2D eigenvalue weighted by Gasteiger charge is 2.15. The van der Waals surface area contributed by atoms with Gasteiger partial charge in [0.1, 0.15) is 11.9 Å². The normalized spacial score (nSPS) is 13.6. The monoisotopic (exact) mass is 278 g/mol. The molecule has 0 radical (unpaired) electrons. The number of carbonyl (C=O) groups excluding carboxylic acids is 1. The minimum absolute atomic E-state index is 0.0328. The second-order valence-corrected chi connectivity index (χ2v) is 5.10. The Kier molecular flexibility index (Phi) is 7.09. The molecule has 0 spiro atoms. The zero-order chi connectivity index (χ0) is 15.0. The van der Waals surface area contributed by atoms with Crippen LogP contribution in [0.3, 0.4) is 0 Å². The number of ether oxygens (including phenoxy) is 1. The van der Waals surface area contributed by atoms with Crippen LogP contribution in [0.5, 0.6) is 5.75 Å². The average Bonchev–Trinajstić information content (AvgIpc) is 2.43. The molecule has 2 unspecified atom stereocenters. The molecule has 1 rings (SSSR count). The summed E-state index contributed by atoms with van der Waals surface area (Å²) in [5.74, 6) is 0.738. The lowest BCUT2D eigenvalue weighted by Crippen LogP contribution is -2.44. The number of amides is 1. The van der Waals surface area contributed by atoms with Crippen molar-refractivity contribution in [3.63, 3.8) is 0 Å². The highest BCUT2D eigenvalue weighted by atomic mass is 16.5. The molecular weight excluding hydrogens is 252 g/mol. The molecule has 4 nitrogen and oxygen atoms in total. The third-order valence-electron chi connectivity index (χ3n) is 3.19. The maximum absolute atomic E-state index is 11.8. The van der Waals surface area contributed by atoms with Gasteiger partial charge in [-0.3, -0.25) is 4.79 Å². The number of aryl methyl sites for hydroxylation is 1. The predicted octanol–water partition coefficient (Wildman–Crippen LogP) is 2.40. The van der Waals surface area contributed by atoms with Crippen molar-refractivity contribution in [1.82, 2.24) is 5.32 Å². The molecule has 1 aromatic rings. The van der Waals surface area contributed by atoms with E-state index in [4.69, 9.17) is 10.5 Å². The Bertz CT molecular complexity index is 421. The molecule has 0 saturated heterocycles. The molecule has 0 bridgehead atoms. The van der Waals surface area contributed by atoms with Crippen LogP contribution in [0.25, 0.3) is 0 Å². The molecule has 1 amide bonds. The smallest absolute Gasteiger partial charge is 0.237 e. The Balaban J connectivity index is 2.45. The van der Waals surface area contributed by atoms with E-state index in [0.717, 1.165) is 24.2 Å². The van der Waals surface area contributed by atoms with Gasteiger partial charge in [0.15, 0.2) is 0 Å². The van der Waals surface area contributed by atoms with Crippen molar-refractivity contribution < 1.29 is 9.53 Å². The van der Waals surface area contributed by atoms with Crippen molar-refractivity contribution in [3.05, 3.63) is 29.8 Å². The van der Waals surface area contributed by atoms with Crippen LogP contribution in [0.4, 0.5) is 0 Å². The second kappa shape index (κ2) is 8.59. The van der Waals surface area contributed by atoms with E-state index in [1.807, 2.05) is 45.0 Å². The molecule has 112 valence electrons. The van der Waals surface area contributed by atoms with Crippen LogP contribution in [0.15, 0.2) is 24.3 Å². The van der Waals surface area contributed by atoms with E-state index in [2.05, 4.69) is 5.32 Å². The Morgan fingerprint density at radius 1 is 1.40 bits per heavy atom. The molecule has 0 saturated carbocycles. The van der Waals surface area contributed by atoms with E-state index in [0.29, 0.717) is 13.0 Å². The second-order valence-electron chi connectivity index (χ2n) is 5.10. The molecule has 0 aliphatic carbocycles. The fourth-order valence-corrected chi connectivity index (χ4v) is 1.94. The molecule has 0 aliphatic heterocycles. The number of carbonyl (C=O) groups is 1. The van der Waals surface area contributed by atoms with Crippen LogP contribution in [0.1, 0.15) is 38.7 Å². The highest BCUT2D eigenvalue weighted by molar-refractivity contribution is 5.81. The van der Waals surface area contributed by atoms with Crippen molar-refractivity contribution in [2.45, 2.75) is 52.2 Å². The first-order valence-corrected chi connectivity index (χ1v) is 7.33. The summed E-state index contributed by atoms with van der Waals surface area (Å²) < 4.78 is 5.88. The van der Waals surface area contributed by atoms with Gasteiger partial charge in [0.25, 0.3) is 0 Å². The van der Waals surface area contributed by atoms with Gasteiger partial charge in [0, 0.05) is 0 Å². The van der Waals surface area contributed by atoms with Crippen LogP contribution in [0, 0.1) is 6.92 Å². The van der Waals surface area contributed by atoms with E-state index in [1.54, 1.807) is 0 Å².